The molecule has 0 amide bonds. The molecule has 0 saturated heterocycles. The van der Waals surface area contributed by atoms with Crippen LogP contribution in [0.15, 0.2) is 13.7 Å². The summed E-state index contributed by atoms with van der Waals surface area (Å²) >= 11 is 4.67. The lowest BCUT2D eigenvalue weighted by Gasteiger charge is -2.18. The van der Waals surface area contributed by atoms with Gasteiger partial charge in [-0.1, -0.05) is 6.92 Å². The fourth-order valence-corrected chi connectivity index (χ4v) is 5.05. The number of aliphatic imine (C=N–C) groups is 1. The van der Waals surface area contributed by atoms with Gasteiger partial charge in [0.2, 0.25) is 5.96 Å². The molecule has 0 fully saturated rings. The van der Waals surface area contributed by atoms with Crippen molar-refractivity contribution in [2.75, 3.05) is 12.4 Å². The molecular weight excluding hydrogens is 314 g/mol. The highest BCUT2D eigenvalue weighted by atomic mass is 79.9. The van der Waals surface area contributed by atoms with Gasteiger partial charge in [0.25, 0.3) is 10.0 Å². The number of rotatable bonds is 1. The zero-order chi connectivity index (χ0) is 11.9. The van der Waals surface area contributed by atoms with Crippen molar-refractivity contribution in [3.63, 3.8) is 0 Å². The van der Waals surface area contributed by atoms with Gasteiger partial charge in [0.15, 0.2) is 4.21 Å². The van der Waals surface area contributed by atoms with Gasteiger partial charge in [-0.3, -0.25) is 4.99 Å². The maximum atomic E-state index is 11.9. The Morgan fingerprint density at radius 2 is 2.19 bits per heavy atom. The van der Waals surface area contributed by atoms with E-state index in [4.69, 9.17) is 0 Å². The quantitative estimate of drug-likeness (QED) is 0.827. The lowest BCUT2D eigenvalue weighted by molar-refractivity contribution is 0.594. The molecule has 88 valence electrons. The number of fused-ring (bicyclic) bond motifs is 1. The number of aryl methyl sites for hydroxylation is 1. The van der Waals surface area contributed by atoms with Crippen LogP contribution in [0, 0.1) is 0 Å². The van der Waals surface area contributed by atoms with E-state index in [0.717, 1.165) is 15.8 Å². The Hall–Kier alpha value is -0.600. The molecule has 2 N–H and O–H groups in total. The van der Waals surface area contributed by atoms with E-state index in [1.165, 1.54) is 18.4 Å². The summed E-state index contributed by atoms with van der Waals surface area (Å²) in [6, 6.07) is 0. The molecule has 1 aromatic rings. The molecule has 0 spiro atoms. The summed E-state index contributed by atoms with van der Waals surface area (Å²) in [6.45, 7) is 1.98. The van der Waals surface area contributed by atoms with Gasteiger partial charge in [0.05, 0.1) is 10.2 Å². The van der Waals surface area contributed by atoms with Crippen LogP contribution in [0.2, 0.25) is 0 Å². The maximum Gasteiger partial charge on any atom is 0.275 e. The smallest absolute Gasteiger partial charge is 0.275 e. The van der Waals surface area contributed by atoms with Crippen molar-refractivity contribution in [1.29, 1.82) is 0 Å². The highest BCUT2D eigenvalue weighted by Crippen LogP contribution is 2.42. The molecule has 2 heterocycles. The predicted molar refractivity (Wildman–Crippen MR) is 68.7 cm³/mol. The third-order valence-electron chi connectivity index (χ3n) is 2.15. The minimum atomic E-state index is -3.47. The third-order valence-corrected chi connectivity index (χ3v) is 6.48. The summed E-state index contributed by atoms with van der Waals surface area (Å²) < 4.78 is 27.2. The third kappa shape index (κ3) is 1.74. The summed E-state index contributed by atoms with van der Waals surface area (Å²) in [5.74, 6) is 0.244. The van der Waals surface area contributed by atoms with Crippen molar-refractivity contribution in [2.24, 2.45) is 4.99 Å². The van der Waals surface area contributed by atoms with Crippen molar-refractivity contribution < 1.29 is 8.42 Å². The van der Waals surface area contributed by atoms with E-state index in [2.05, 4.69) is 31.0 Å². The topological polar surface area (TPSA) is 70.6 Å². The van der Waals surface area contributed by atoms with Crippen LogP contribution in [-0.2, 0) is 16.4 Å². The van der Waals surface area contributed by atoms with Crippen LogP contribution >= 0.6 is 27.3 Å². The summed E-state index contributed by atoms with van der Waals surface area (Å²) in [4.78, 5) is 4.82. The van der Waals surface area contributed by atoms with Crippen molar-refractivity contribution in [3.8, 4) is 0 Å². The van der Waals surface area contributed by atoms with Crippen LogP contribution in [-0.4, -0.2) is 21.4 Å². The molecule has 0 aliphatic carbocycles. The molecule has 5 nitrogen and oxygen atoms in total. The molecule has 0 unspecified atom stereocenters. The Morgan fingerprint density at radius 1 is 1.50 bits per heavy atom. The van der Waals surface area contributed by atoms with Crippen LogP contribution in [0.5, 0.6) is 0 Å². The fourth-order valence-electron chi connectivity index (χ4n) is 1.38. The average Bonchev–Trinajstić information content (AvgIpc) is 2.56. The molecule has 2 rings (SSSR count). The highest BCUT2D eigenvalue weighted by molar-refractivity contribution is 9.10. The first-order valence-corrected chi connectivity index (χ1v) is 7.66. The number of thiophene rings is 1. The van der Waals surface area contributed by atoms with Crippen molar-refractivity contribution in [3.05, 3.63) is 9.35 Å². The second-order valence-electron chi connectivity index (χ2n) is 3.16. The van der Waals surface area contributed by atoms with E-state index >= 15 is 0 Å². The Morgan fingerprint density at radius 3 is 2.75 bits per heavy atom. The van der Waals surface area contributed by atoms with Gasteiger partial charge in [-0.2, -0.15) is 0 Å². The van der Waals surface area contributed by atoms with E-state index < -0.39 is 10.0 Å². The van der Waals surface area contributed by atoms with Gasteiger partial charge < -0.3 is 5.32 Å². The van der Waals surface area contributed by atoms with Gasteiger partial charge >= 0.3 is 0 Å². The largest absolute Gasteiger partial charge is 0.323 e. The fraction of sp³-hybridized carbons (Fsp3) is 0.375. The summed E-state index contributed by atoms with van der Waals surface area (Å²) in [5.41, 5.74) is 0.584. The van der Waals surface area contributed by atoms with Crippen LogP contribution in [0.1, 0.15) is 11.8 Å². The summed E-state index contributed by atoms with van der Waals surface area (Å²) in [5, 5.41) is 2.95. The van der Waals surface area contributed by atoms with Crippen LogP contribution in [0.3, 0.4) is 0 Å². The Labute approximate surface area is 106 Å². The lowest BCUT2D eigenvalue weighted by atomic mass is 10.3. The number of halogens is 1. The zero-order valence-electron chi connectivity index (χ0n) is 8.67. The summed E-state index contributed by atoms with van der Waals surface area (Å²) in [6.07, 6.45) is 0.786. The number of nitrogens with zero attached hydrogens (tertiary/aromatic N) is 1. The van der Waals surface area contributed by atoms with Crippen LogP contribution < -0.4 is 10.0 Å². The maximum absolute atomic E-state index is 11.9. The first-order valence-electron chi connectivity index (χ1n) is 4.57. The second kappa shape index (κ2) is 4.01. The van der Waals surface area contributed by atoms with E-state index in [1.807, 2.05) is 6.92 Å². The number of anilines is 1. The Kier molecular flexibility index (Phi) is 2.97. The average molecular weight is 324 g/mol. The molecular formula is C8H10BrN3O2S2. The number of hydrogen-bond donors (Lipinski definition) is 2. The van der Waals surface area contributed by atoms with Crippen LogP contribution in [0.4, 0.5) is 5.69 Å². The lowest BCUT2D eigenvalue weighted by Crippen LogP contribution is -2.39. The van der Waals surface area contributed by atoms with E-state index in [1.54, 1.807) is 0 Å². The minimum absolute atomic E-state index is 0.244. The number of sulfonamides is 1. The number of nitrogens with one attached hydrogen (secondary N) is 2. The van der Waals surface area contributed by atoms with Gasteiger partial charge in [-0.05, 0) is 22.4 Å². The molecule has 0 bridgehead atoms. The van der Waals surface area contributed by atoms with Gasteiger partial charge in [-0.15, -0.1) is 11.3 Å². The van der Waals surface area contributed by atoms with Crippen molar-refractivity contribution >= 4 is 48.9 Å². The Bertz CT molecular complexity index is 562. The zero-order valence-corrected chi connectivity index (χ0v) is 11.9. The van der Waals surface area contributed by atoms with Crippen molar-refractivity contribution in [2.45, 2.75) is 17.6 Å². The molecule has 0 radical (unpaired) electrons. The van der Waals surface area contributed by atoms with Gasteiger partial charge in [0, 0.05) is 11.9 Å². The molecule has 0 aromatic carbocycles. The van der Waals surface area contributed by atoms with Crippen LogP contribution in [0.25, 0.3) is 0 Å². The second-order valence-corrected chi connectivity index (χ2v) is 6.93. The van der Waals surface area contributed by atoms with Gasteiger partial charge in [0.1, 0.15) is 0 Å². The molecule has 8 heteroatoms. The normalized spacial score (nSPS) is 20.1. The van der Waals surface area contributed by atoms with E-state index in [9.17, 15) is 8.42 Å². The molecule has 0 saturated carbocycles. The standard InChI is InChI=1S/C8H10BrN3O2S2/c1-3-4-5(9)6-7(15-4)16(13,14)12-8(10-2)11-6/h3H2,1-2H3,(H2,10,11,12). The van der Waals surface area contributed by atoms with E-state index in [-0.39, 0.29) is 5.96 Å². The summed E-state index contributed by atoms with van der Waals surface area (Å²) in [7, 11) is -1.95. The monoisotopic (exact) mass is 323 g/mol. The Balaban J connectivity index is 2.67. The van der Waals surface area contributed by atoms with E-state index in [0.29, 0.717) is 9.90 Å². The molecule has 0 atom stereocenters. The molecule has 1 aliphatic heterocycles. The molecule has 1 aromatic heterocycles. The van der Waals surface area contributed by atoms with Crippen molar-refractivity contribution in [1.82, 2.24) is 4.72 Å². The minimum Gasteiger partial charge on any atom is -0.323 e. The van der Waals surface area contributed by atoms with Gasteiger partial charge in [-0.25, -0.2) is 13.1 Å². The number of guanidine groups is 1. The first-order chi connectivity index (χ1) is 7.49. The highest BCUT2D eigenvalue weighted by Gasteiger charge is 2.31. The number of hydrogen-bond acceptors (Lipinski definition) is 4. The predicted octanol–water partition coefficient (Wildman–Crippen LogP) is 1.76. The SMILES string of the molecule is CCc1sc2c(c1Br)NC(=NC)NS2(=O)=O. The molecule has 1 aliphatic rings. The first kappa shape index (κ1) is 11.9. The molecule has 16 heavy (non-hydrogen) atoms.